The number of likely N-dealkylation sites (tertiary alicyclic amines) is 1. The number of nitriles is 1. The van der Waals surface area contributed by atoms with Gasteiger partial charge in [0, 0.05) is 25.0 Å². The molecule has 0 spiro atoms. The molecule has 1 saturated heterocycles. The molecule has 112 valence electrons. The summed E-state index contributed by atoms with van der Waals surface area (Å²) >= 11 is 0. The first-order valence-electron chi connectivity index (χ1n) is 7.38. The minimum absolute atomic E-state index is 0.0558. The number of piperidine rings is 1. The number of rotatable bonds is 4. The highest BCUT2D eigenvalue weighted by Crippen LogP contribution is 2.17. The van der Waals surface area contributed by atoms with E-state index < -0.39 is 0 Å². The summed E-state index contributed by atoms with van der Waals surface area (Å²) < 4.78 is 0. The van der Waals surface area contributed by atoms with Gasteiger partial charge in [0.25, 0.3) is 0 Å². The Bertz CT molecular complexity index is 537. The van der Waals surface area contributed by atoms with Gasteiger partial charge in [0.05, 0.1) is 11.3 Å². The maximum absolute atomic E-state index is 12.0. The lowest BCUT2D eigenvalue weighted by molar-refractivity contribution is -0.116. The fourth-order valence-corrected chi connectivity index (χ4v) is 2.74. The average molecular weight is 286 g/mol. The molecule has 2 unspecified atom stereocenters. The maximum atomic E-state index is 12.0. The zero-order chi connectivity index (χ0) is 15.2. The minimum atomic E-state index is -0.0558. The van der Waals surface area contributed by atoms with Crippen molar-refractivity contribution in [1.82, 2.24) is 4.90 Å². The normalized spacial score (nSPS) is 22.5. The van der Waals surface area contributed by atoms with E-state index in [4.69, 9.17) is 11.0 Å². The van der Waals surface area contributed by atoms with Crippen LogP contribution in [0.25, 0.3) is 0 Å². The molecule has 0 radical (unpaired) electrons. The predicted molar refractivity (Wildman–Crippen MR) is 82.6 cm³/mol. The van der Waals surface area contributed by atoms with Gasteiger partial charge in [0.15, 0.2) is 0 Å². The number of hydrogen-bond acceptors (Lipinski definition) is 4. The third-order valence-corrected chi connectivity index (χ3v) is 4.00. The highest BCUT2D eigenvalue weighted by molar-refractivity contribution is 5.92. The SMILES string of the molecule is CC1CC(N)CCN1CCC(=O)Nc1ccccc1C#N. The lowest BCUT2D eigenvalue weighted by atomic mass is 9.99. The van der Waals surface area contributed by atoms with E-state index in [2.05, 4.69) is 23.2 Å². The van der Waals surface area contributed by atoms with Crippen molar-refractivity contribution in [1.29, 1.82) is 5.26 Å². The van der Waals surface area contributed by atoms with Gasteiger partial charge in [-0.3, -0.25) is 4.79 Å². The number of anilines is 1. The summed E-state index contributed by atoms with van der Waals surface area (Å²) in [4.78, 5) is 14.3. The molecule has 1 aliphatic rings. The Morgan fingerprint density at radius 3 is 3.00 bits per heavy atom. The molecule has 0 aliphatic carbocycles. The number of benzene rings is 1. The number of nitrogens with one attached hydrogen (secondary N) is 1. The van der Waals surface area contributed by atoms with Gasteiger partial charge in [-0.05, 0) is 38.4 Å². The molecule has 0 bridgehead atoms. The number of hydrogen-bond donors (Lipinski definition) is 2. The van der Waals surface area contributed by atoms with Gasteiger partial charge >= 0.3 is 0 Å². The zero-order valence-corrected chi connectivity index (χ0v) is 12.4. The van der Waals surface area contributed by atoms with Crippen molar-refractivity contribution in [3.8, 4) is 6.07 Å². The number of amides is 1. The van der Waals surface area contributed by atoms with Crippen LogP contribution in [0.5, 0.6) is 0 Å². The molecule has 5 heteroatoms. The summed E-state index contributed by atoms with van der Waals surface area (Å²) in [5, 5.41) is 11.8. The monoisotopic (exact) mass is 286 g/mol. The van der Waals surface area contributed by atoms with E-state index in [-0.39, 0.29) is 11.9 Å². The third kappa shape index (κ3) is 4.28. The molecule has 1 amide bonds. The van der Waals surface area contributed by atoms with Crippen LogP contribution >= 0.6 is 0 Å². The van der Waals surface area contributed by atoms with Gasteiger partial charge in [-0.1, -0.05) is 12.1 Å². The largest absolute Gasteiger partial charge is 0.328 e. The minimum Gasteiger partial charge on any atom is -0.328 e. The number of carbonyl (C=O) groups excluding carboxylic acids is 1. The molecule has 1 aromatic carbocycles. The van der Waals surface area contributed by atoms with Crippen molar-refractivity contribution in [2.45, 2.75) is 38.3 Å². The maximum Gasteiger partial charge on any atom is 0.225 e. The molecule has 3 N–H and O–H groups in total. The van der Waals surface area contributed by atoms with E-state index in [0.717, 1.165) is 25.9 Å². The Kier molecular flexibility index (Phi) is 5.32. The predicted octanol–water partition coefficient (Wildman–Crippen LogP) is 1.70. The van der Waals surface area contributed by atoms with Crippen LogP contribution in [0.15, 0.2) is 24.3 Å². The van der Waals surface area contributed by atoms with Crippen molar-refractivity contribution in [2.75, 3.05) is 18.4 Å². The van der Waals surface area contributed by atoms with Crippen LogP contribution in [0.1, 0.15) is 31.7 Å². The number of nitrogens with two attached hydrogens (primary N) is 1. The van der Waals surface area contributed by atoms with E-state index in [1.807, 2.05) is 6.07 Å². The van der Waals surface area contributed by atoms with Crippen LogP contribution in [0, 0.1) is 11.3 Å². The molecule has 1 aliphatic heterocycles. The summed E-state index contributed by atoms with van der Waals surface area (Å²) in [5.74, 6) is -0.0558. The molecule has 2 rings (SSSR count). The van der Waals surface area contributed by atoms with Gasteiger partial charge in [-0.15, -0.1) is 0 Å². The summed E-state index contributed by atoms with van der Waals surface area (Å²) in [6.07, 6.45) is 2.40. The lowest BCUT2D eigenvalue weighted by Gasteiger charge is -2.36. The molecular formula is C16H22N4O. The van der Waals surface area contributed by atoms with E-state index in [1.165, 1.54) is 0 Å². The Morgan fingerprint density at radius 2 is 2.29 bits per heavy atom. The van der Waals surface area contributed by atoms with Crippen molar-refractivity contribution in [3.63, 3.8) is 0 Å². The highest BCUT2D eigenvalue weighted by Gasteiger charge is 2.23. The van der Waals surface area contributed by atoms with E-state index in [9.17, 15) is 4.79 Å². The molecule has 0 aromatic heterocycles. The van der Waals surface area contributed by atoms with Gasteiger partial charge < -0.3 is 16.0 Å². The average Bonchev–Trinajstić information content (AvgIpc) is 2.47. The second kappa shape index (κ2) is 7.21. The second-order valence-corrected chi connectivity index (χ2v) is 5.63. The first-order valence-corrected chi connectivity index (χ1v) is 7.38. The van der Waals surface area contributed by atoms with Crippen molar-refractivity contribution < 1.29 is 4.79 Å². The van der Waals surface area contributed by atoms with Crippen LogP contribution < -0.4 is 11.1 Å². The molecule has 0 saturated carbocycles. The quantitative estimate of drug-likeness (QED) is 0.882. The van der Waals surface area contributed by atoms with Crippen LogP contribution in [0.3, 0.4) is 0 Å². The highest BCUT2D eigenvalue weighted by atomic mass is 16.1. The molecular weight excluding hydrogens is 264 g/mol. The van der Waals surface area contributed by atoms with E-state index in [0.29, 0.717) is 23.7 Å². The zero-order valence-electron chi connectivity index (χ0n) is 12.4. The number of para-hydroxylation sites is 1. The molecule has 1 fully saturated rings. The van der Waals surface area contributed by atoms with E-state index >= 15 is 0 Å². The molecule has 1 heterocycles. The van der Waals surface area contributed by atoms with Crippen LogP contribution in [-0.2, 0) is 4.79 Å². The van der Waals surface area contributed by atoms with Gasteiger partial charge in [-0.2, -0.15) is 5.26 Å². The summed E-state index contributed by atoms with van der Waals surface area (Å²) in [6.45, 7) is 3.83. The van der Waals surface area contributed by atoms with Gasteiger partial charge in [0.2, 0.25) is 5.91 Å². The van der Waals surface area contributed by atoms with Crippen molar-refractivity contribution >= 4 is 11.6 Å². The van der Waals surface area contributed by atoms with Crippen molar-refractivity contribution in [3.05, 3.63) is 29.8 Å². The summed E-state index contributed by atoms with van der Waals surface area (Å²) in [6, 6.07) is 9.83. The van der Waals surface area contributed by atoms with Crippen LogP contribution in [0.2, 0.25) is 0 Å². The first-order chi connectivity index (χ1) is 10.1. The molecule has 21 heavy (non-hydrogen) atoms. The Hall–Kier alpha value is -1.90. The third-order valence-electron chi connectivity index (χ3n) is 4.00. The first kappa shape index (κ1) is 15.5. The van der Waals surface area contributed by atoms with Gasteiger partial charge in [-0.25, -0.2) is 0 Å². The second-order valence-electron chi connectivity index (χ2n) is 5.63. The lowest BCUT2D eigenvalue weighted by Crippen LogP contribution is -2.46. The standard InChI is InChI=1S/C16H22N4O/c1-12-10-14(18)6-8-20(12)9-7-16(21)19-15-5-3-2-4-13(15)11-17/h2-5,12,14H,6-10,18H2,1H3,(H,19,21). The Labute approximate surface area is 125 Å². The fourth-order valence-electron chi connectivity index (χ4n) is 2.74. The smallest absolute Gasteiger partial charge is 0.225 e. The topological polar surface area (TPSA) is 82.2 Å². The van der Waals surface area contributed by atoms with Crippen LogP contribution in [-0.4, -0.2) is 36.0 Å². The van der Waals surface area contributed by atoms with Crippen LogP contribution in [0.4, 0.5) is 5.69 Å². The Balaban J connectivity index is 1.84. The molecule has 1 aromatic rings. The van der Waals surface area contributed by atoms with E-state index in [1.54, 1.807) is 18.2 Å². The fraction of sp³-hybridized carbons (Fsp3) is 0.500. The Morgan fingerprint density at radius 1 is 1.52 bits per heavy atom. The summed E-state index contributed by atoms with van der Waals surface area (Å²) in [7, 11) is 0. The number of carbonyl (C=O) groups is 1. The molecule has 2 atom stereocenters. The van der Waals surface area contributed by atoms with Gasteiger partial charge in [0.1, 0.15) is 6.07 Å². The molecule has 5 nitrogen and oxygen atoms in total. The number of nitrogens with zero attached hydrogens (tertiary/aromatic N) is 2. The summed E-state index contributed by atoms with van der Waals surface area (Å²) in [5.41, 5.74) is 7.01. The van der Waals surface area contributed by atoms with Crippen molar-refractivity contribution in [2.24, 2.45) is 5.73 Å².